The zero-order valence-electron chi connectivity index (χ0n) is 9.38. The van der Waals surface area contributed by atoms with Gasteiger partial charge in [0.2, 0.25) is 5.83 Å². The average molecular weight is 282 g/mol. The summed E-state index contributed by atoms with van der Waals surface area (Å²) in [5.74, 6) is -2.35. The van der Waals surface area contributed by atoms with Gasteiger partial charge in [0.05, 0.1) is 12.2 Å². The second kappa shape index (κ2) is 5.99. The van der Waals surface area contributed by atoms with E-state index in [4.69, 9.17) is 0 Å². The van der Waals surface area contributed by atoms with Gasteiger partial charge in [-0.05, 0) is 24.4 Å². The van der Waals surface area contributed by atoms with Gasteiger partial charge in [-0.3, -0.25) is 0 Å². The number of esters is 1. The van der Waals surface area contributed by atoms with E-state index in [0.29, 0.717) is 0 Å². The fourth-order valence-electron chi connectivity index (χ4n) is 1.22. The molecule has 0 aromatic carbocycles. The Kier molecular flexibility index (Phi) is 4.89. The van der Waals surface area contributed by atoms with Gasteiger partial charge in [-0.2, -0.15) is 17.6 Å². The highest BCUT2D eigenvalue weighted by Gasteiger charge is 2.33. The molecule has 100 valence electrons. The molecule has 0 saturated carbocycles. The number of ether oxygens (including phenoxy) is 1. The van der Waals surface area contributed by atoms with E-state index in [2.05, 4.69) is 4.74 Å². The third-order valence-electron chi connectivity index (χ3n) is 1.99. The van der Waals surface area contributed by atoms with Crippen molar-refractivity contribution in [2.24, 2.45) is 0 Å². The molecule has 0 spiro atoms. The summed E-state index contributed by atoms with van der Waals surface area (Å²) in [5, 5.41) is 1.27. The van der Waals surface area contributed by atoms with Gasteiger partial charge >= 0.3 is 12.1 Å². The Morgan fingerprint density at radius 1 is 1.50 bits per heavy atom. The van der Waals surface area contributed by atoms with Gasteiger partial charge in [0.1, 0.15) is 0 Å². The van der Waals surface area contributed by atoms with Gasteiger partial charge in [-0.15, -0.1) is 11.3 Å². The molecule has 1 aromatic heterocycles. The number of carbonyl (C=O) groups excluding carboxylic acids is 1. The summed E-state index contributed by atoms with van der Waals surface area (Å²) in [7, 11) is 0. The second-order valence-corrected chi connectivity index (χ2v) is 4.23. The molecule has 1 rings (SSSR count). The Hall–Kier alpha value is -1.37. The van der Waals surface area contributed by atoms with E-state index in [1.807, 2.05) is 0 Å². The van der Waals surface area contributed by atoms with Crippen molar-refractivity contribution in [2.75, 3.05) is 6.61 Å². The quantitative estimate of drug-likeness (QED) is 0.478. The molecule has 0 amide bonds. The zero-order chi connectivity index (χ0) is 13.8. The van der Waals surface area contributed by atoms with E-state index >= 15 is 0 Å². The molecule has 0 aliphatic carbocycles. The van der Waals surface area contributed by atoms with Crippen LogP contribution in [0.5, 0.6) is 0 Å². The predicted molar refractivity (Wildman–Crippen MR) is 58.8 cm³/mol. The molecular weight excluding hydrogens is 272 g/mol. The van der Waals surface area contributed by atoms with Gasteiger partial charge in [0.25, 0.3) is 0 Å². The molecule has 1 aromatic rings. The Labute approximate surface area is 105 Å². The summed E-state index contributed by atoms with van der Waals surface area (Å²) < 4.78 is 54.9. The van der Waals surface area contributed by atoms with Gasteiger partial charge in [0.15, 0.2) is 0 Å². The molecule has 0 bridgehead atoms. The van der Waals surface area contributed by atoms with Crippen molar-refractivity contribution in [3.63, 3.8) is 0 Å². The van der Waals surface area contributed by atoms with Crippen LogP contribution in [-0.2, 0) is 22.1 Å². The van der Waals surface area contributed by atoms with Crippen molar-refractivity contribution in [2.45, 2.75) is 19.5 Å². The lowest BCUT2D eigenvalue weighted by molar-refractivity contribution is -0.140. The number of alkyl halides is 3. The number of hydrogen-bond acceptors (Lipinski definition) is 3. The van der Waals surface area contributed by atoms with Crippen LogP contribution in [-0.4, -0.2) is 12.6 Å². The first-order chi connectivity index (χ1) is 8.36. The topological polar surface area (TPSA) is 26.3 Å². The van der Waals surface area contributed by atoms with Crippen molar-refractivity contribution in [1.29, 1.82) is 0 Å². The third-order valence-corrected chi connectivity index (χ3v) is 2.93. The van der Waals surface area contributed by atoms with Crippen LogP contribution in [0.1, 0.15) is 17.4 Å². The first-order valence-corrected chi connectivity index (χ1v) is 5.90. The predicted octanol–water partition coefficient (Wildman–Crippen LogP) is 3.73. The molecule has 0 aliphatic heterocycles. The summed E-state index contributed by atoms with van der Waals surface area (Å²) in [6, 6.07) is 0.927. The largest absolute Gasteiger partial charge is 0.461 e. The lowest BCUT2D eigenvalue weighted by Crippen LogP contribution is -2.07. The number of rotatable bonds is 4. The fraction of sp³-hybridized carbons (Fsp3) is 0.364. The van der Waals surface area contributed by atoms with E-state index in [-0.39, 0.29) is 17.9 Å². The minimum Gasteiger partial charge on any atom is -0.461 e. The first kappa shape index (κ1) is 14.7. The summed E-state index contributed by atoms with van der Waals surface area (Å²) in [6.07, 6.45) is -3.97. The highest BCUT2D eigenvalue weighted by molar-refractivity contribution is 7.10. The maximum absolute atomic E-state index is 13.1. The minimum absolute atomic E-state index is 0.00684. The fourth-order valence-corrected chi connectivity index (χ4v) is 2.08. The van der Waals surface area contributed by atoms with Crippen molar-refractivity contribution < 1.29 is 27.1 Å². The first-order valence-electron chi connectivity index (χ1n) is 5.02. The maximum Gasteiger partial charge on any atom is 0.417 e. The third kappa shape index (κ3) is 3.83. The number of thiophene rings is 1. The van der Waals surface area contributed by atoms with E-state index in [1.165, 1.54) is 12.3 Å². The molecule has 0 N–H and O–H groups in total. The number of carbonyl (C=O) groups is 1. The standard InChI is InChI=1S/C11H10F4O2S/c1-2-17-10(16)8(12)3-4-9-7(5-6-18-9)11(13,14)15/h3,5-6H,2,4H2,1H3. The zero-order valence-corrected chi connectivity index (χ0v) is 10.2. The summed E-state index contributed by atoms with van der Waals surface area (Å²) >= 11 is 0.860. The molecular formula is C11H10F4O2S. The summed E-state index contributed by atoms with van der Waals surface area (Å²) in [6.45, 7) is 1.51. The molecule has 0 atom stereocenters. The second-order valence-electron chi connectivity index (χ2n) is 3.23. The van der Waals surface area contributed by atoms with E-state index in [0.717, 1.165) is 23.5 Å². The Bertz CT molecular complexity index is 448. The normalized spacial score (nSPS) is 12.6. The van der Waals surface area contributed by atoms with E-state index < -0.39 is 23.5 Å². The lowest BCUT2D eigenvalue weighted by Gasteiger charge is -2.06. The average Bonchev–Trinajstić information content (AvgIpc) is 2.74. The molecule has 2 nitrogen and oxygen atoms in total. The van der Waals surface area contributed by atoms with Crippen LogP contribution in [0.25, 0.3) is 0 Å². The highest BCUT2D eigenvalue weighted by atomic mass is 32.1. The van der Waals surface area contributed by atoms with Crippen molar-refractivity contribution in [1.82, 2.24) is 0 Å². The number of halogens is 4. The van der Waals surface area contributed by atoms with Crippen molar-refractivity contribution >= 4 is 17.3 Å². The molecule has 7 heteroatoms. The van der Waals surface area contributed by atoms with Crippen LogP contribution in [0.15, 0.2) is 23.3 Å². The van der Waals surface area contributed by atoms with Crippen LogP contribution < -0.4 is 0 Å². The Balaban J connectivity index is 2.78. The number of allylic oxidation sites excluding steroid dienone is 1. The molecule has 1 heterocycles. The van der Waals surface area contributed by atoms with Crippen LogP contribution in [0, 0.1) is 0 Å². The van der Waals surface area contributed by atoms with Gasteiger partial charge < -0.3 is 4.74 Å². The van der Waals surface area contributed by atoms with Gasteiger partial charge in [0, 0.05) is 11.3 Å². The van der Waals surface area contributed by atoms with Crippen LogP contribution in [0.2, 0.25) is 0 Å². The van der Waals surface area contributed by atoms with Crippen molar-refractivity contribution in [3.8, 4) is 0 Å². The molecule has 0 saturated heterocycles. The monoisotopic (exact) mass is 282 g/mol. The van der Waals surface area contributed by atoms with Crippen LogP contribution >= 0.6 is 11.3 Å². The molecule has 0 aliphatic rings. The van der Waals surface area contributed by atoms with Gasteiger partial charge in [-0.1, -0.05) is 0 Å². The molecule has 0 unspecified atom stereocenters. The van der Waals surface area contributed by atoms with E-state index in [1.54, 1.807) is 0 Å². The highest BCUT2D eigenvalue weighted by Crippen LogP contribution is 2.35. The SMILES string of the molecule is CCOC(=O)C(F)=CCc1sccc1C(F)(F)F. The molecule has 0 fully saturated rings. The summed E-state index contributed by atoms with van der Waals surface area (Å²) in [5.41, 5.74) is -0.805. The Morgan fingerprint density at radius 3 is 2.72 bits per heavy atom. The maximum atomic E-state index is 13.1. The lowest BCUT2D eigenvalue weighted by atomic mass is 10.2. The Morgan fingerprint density at radius 2 is 2.17 bits per heavy atom. The van der Waals surface area contributed by atoms with E-state index in [9.17, 15) is 22.4 Å². The molecule has 0 radical (unpaired) electrons. The van der Waals surface area contributed by atoms with Crippen molar-refractivity contribution in [3.05, 3.63) is 33.8 Å². The summed E-state index contributed by atoms with van der Waals surface area (Å²) in [4.78, 5) is 10.9. The van der Waals surface area contributed by atoms with Gasteiger partial charge in [-0.25, -0.2) is 4.79 Å². The smallest absolute Gasteiger partial charge is 0.417 e. The van der Waals surface area contributed by atoms with Crippen LogP contribution in [0.4, 0.5) is 17.6 Å². The molecule has 18 heavy (non-hydrogen) atoms. The number of hydrogen-bond donors (Lipinski definition) is 0. The minimum atomic E-state index is -4.47. The van der Waals surface area contributed by atoms with Crippen LogP contribution in [0.3, 0.4) is 0 Å².